The number of halogens is 1. The first-order valence-electron chi connectivity index (χ1n) is 14.1. The molecule has 0 radical (unpaired) electrons. The van der Waals surface area contributed by atoms with Gasteiger partial charge in [0.05, 0.1) is 10.6 Å². The molecule has 0 saturated carbocycles. The molecule has 0 fully saturated rings. The second-order valence-electron chi connectivity index (χ2n) is 10.4. The third-order valence-corrected chi connectivity index (χ3v) is 8.89. The fourth-order valence-electron chi connectivity index (χ4n) is 4.71. The third-order valence-electron chi connectivity index (χ3n) is 7.10. The maximum absolute atomic E-state index is 14.3. The van der Waals surface area contributed by atoms with Crippen molar-refractivity contribution in [1.29, 1.82) is 0 Å². The number of nitrogens with one attached hydrogen (secondary N) is 1. The standard InChI is InChI=1S/C34H36FN3O4S/c1-4-36-34(40)32(22-27-8-6-5-7-9-27)37(23-28-14-10-25(2)11-15-28)33(39)24-38(30-18-16-29(35)17-19-30)43(41,42)31-20-12-26(3)13-21-31/h5-21,32H,4,22-24H2,1-3H3,(H,36,40). The van der Waals surface area contributed by atoms with Crippen molar-refractivity contribution in [3.8, 4) is 0 Å². The average Bonchev–Trinajstić information content (AvgIpc) is 3.00. The molecular weight excluding hydrogens is 565 g/mol. The smallest absolute Gasteiger partial charge is 0.264 e. The summed E-state index contributed by atoms with van der Waals surface area (Å²) < 4.78 is 42.8. The first-order chi connectivity index (χ1) is 20.6. The van der Waals surface area contributed by atoms with E-state index in [1.54, 1.807) is 19.1 Å². The van der Waals surface area contributed by atoms with E-state index in [-0.39, 0.29) is 29.5 Å². The van der Waals surface area contributed by atoms with Gasteiger partial charge >= 0.3 is 0 Å². The van der Waals surface area contributed by atoms with Crippen LogP contribution in [0.3, 0.4) is 0 Å². The van der Waals surface area contributed by atoms with E-state index in [4.69, 9.17) is 0 Å². The summed E-state index contributed by atoms with van der Waals surface area (Å²) in [6.45, 7) is 5.44. The van der Waals surface area contributed by atoms with Gasteiger partial charge in [0.15, 0.2) is 0 Å². The number of carbonyl (C=O) groups excluding carboxylic acids is 2. The minimum Gasteiger partial charge on any atom is -0.355 e. The molecule has 0 spiro atoms. The predicted octanol–water partition coefficient (Wildman–Crippen LogP) is 5.41. The molecule has 0 aliphatic heterocycles. The van der Waals surface area contributed by atoms with Crippen molar-refractivity contribution in [1.82, 2.24) is 10.2 Å². The Kier molecular flexibility index (Phi) is 10.3. The van der Waals surface area contributed by atoms with Crippen LogP contribution in [-0.2, 0) is 32.6 Å². The summed E-state index contributed by atoms with van der Waals surface area (Å²) in [5, 5.41) is 2.84. The van der Waals surface area contributed by atoms with E-state index >= 15 is 0 Å². The summed E-state index contributed by atoms with van der Waals surface area (Å²) in [5.74, 6) is -1.46. The van der Waals surface area contributed by atoms with E-state index in [0.717, 1.165) is 38.7 Å². The van der Waals surface area contributed by atoms with Gasteiger partial charge in [-0.2, -0.15) is 0 Å². The summed E-state index contributed by atoms with van der Waals surface area (Å²) in [6, 6.07) is 27.3. The van der Waals surface area contributed by atoms with Gasteiger partial charge in [-0.1, -0.05) is 77.9 Å². The van der Waals surface area contributed by atoms with Gasteiger partial charge in [0.25, 0.3) is 10.0 Å². The Bertz CT molecular complexity index is 1630. The number of aryl methyl sites for hydroxylation is 2. The Morgan fingerprint density at radius 2 is 1.37 bits per heavy atom. The van der Waals surface area contributed by atoms with Crippen molar-refractivity contribution in [2.75, 3.05) is 17.4 Å². The Balaban J connectivity index is 1.78. The van der Waals surface area contributed by atoms with Gasteiger partial charge in [0.1, 0.15) is 18.4 Å². The predicted molar refractivity (Wildman–Crippen MR) is 166 cm³/mol. The number of hydrogen-bond donors (Lipinski definition) is 1. The summed E-state index contributed by atoms with van der Waals surface area (Å²) in [7, 11) is -4.24. The number of amides is 2. The molecule has 0 bridgehead atoms. The highest BCUT2D eigenvalue weighted by molar-refractivity contribution is 7.92. The second-order valence-corrected chi connectivity index (χ2v) is 12.3. The lowest BCUT2D eigenvalue weighted by Crippen LogP contribution is -2.53. The molecule has 1 atom stereocenters. The molecule has 0 aliphatic carbocycles. The molecule has 0 saturated heterocycles. The summed E-state index contributed by atoms with van der Waals surface area (Å²) in [5.41, 5.74) is 3.68. The fourth-order valence-corrected chi connectivity index (χ4v) is 6.12. The minimum atomic E-state index is -4.24. The van der Waals surface area contributed by atoms with Gasteiger partial charge < -0.3 is 10.2 Å². The van der Waals surface area contributed by atoms with Crippen LogP contribution in [0, 0.1) is 19.7 Å². The normalized spacial score (nSPS) is 11.9. The zero-order valence-electron chi connectivity index (χ0n) is 24.5. The molecule has 4 aromatic rings. The first-order valence-corrected chi connectivity index (χ1v) is 15.5. The Labute approximate surface area is 253 Å². The third kappa shape index (κ3) is 8.08. The minimum absolute atomic E-state index is 0.00938. The van der Waals surface area contributed by atoms with E-state index in [0.29, 0.717) is 6.54 Å². The molecule has 0 aromatic heterocycles. The van der Waals surface area contributed by atoms with E-state index in [1.807, 2.05) is 68.4 Å². The van der Waals surface area contributed by atoms with Crippen LogP contribution in [0.4, 0.5) is 10.1 Å². The Morgan fingerprint density at radius 1 is 0.791 bits per heavy atom. The number of rotatable bonds is 12. The lowest BCUT2D eigenvalue weighted by Gasteiger charge is -2.33. The zero-order chi connectivity index (χ0) is 31.0. The van der Waals surface area contributed by atoms with Crippen LogP contribution >= 0.6 is 0 Å². The highest BCUT2D eigenvalue weighted by Gasteiger charge is 2.34. The number of sulfonamides is 1. The zero-order valence-corrected chi connectivity index (χ0v) is 25.4. The summed E-state index contributed by atoms with van der Waals surface area (Å²) in [6.07, 6.45) is 0.228. The van der Waals surface area contributed by atoms with Crippen LogP contribution in [0.25, 0.3) is 0 Å². The van der Waals surface area contributed by atoms with Gasteiger partial charge in [-0.25, -0.2) is 12.8 Å². The molecular formula is C34H36FN3O4S. The Hall–Kier alpha value is -4.50. The van der Waals surface area contributed by atoms with Gasteiger partial charge in [0.2, 0.25) is 11.8 Å². The van der Waals surface area contributed by atoms with Crippen molar-refractivity contribution < 1.29 is 22.4 Å². The van der Waals surface area contributed by atoms with E-state index in [9.17, 15) is 22.4 Å². The number of hydrogen-bond acceptors (Lipinski definition) is 4. The van der Waals surface area contributed by atoms with Gasteiger partial charge in [-0.05, 0) is 68.3 Å². The molecule has 0 aliphatic rings. The number of nitrogens with zero attached hydrogens (tertiary/aromatic N) is 2. The molecule has 7 nitrogen and oxygen atoms in total. The highest BCUT2D eigenvalue weighted by atomic mass is 32.2. The molecule has 0 heterocycles. The van der Waals surface area contributed by atoms with Crippen molar-refractivity contribution in [3.05, 3.63) is 131 Å². The van der Waals surface area contributed by atoms with Crippen molar-refractivity contribution >= 4 is 27.5 Å². The molecule has 1 unspecified atom stereocenters. The molecule has 1 N–H and O–H groups in total. The molecule has 9 heteroatoms. The Morgan fingerprint density at radius 3 is 1.95 bits per heavy atom. The van der Waals surface area contributed by atoms with E-state index in [1.165, 1.54) is 29.2 Å². The summed E-state index contributed by atoms with van der Waals surface area (Å²) in [4.78, 5) is 29.2. The average molecular weight is 602 g/mol. The molecule has 43 heavy (non-hydrogen) atoms. The van der Waals surface area contributed by atoms with Crippen LogP contribution in [0.2, 0.25) is 0 Å². The fraction of sp³-hybridized carbons (Fsp3) is 0.235. The van der Waals surface area contributed by atoms with Crippen molar-refractivity contribution in [2.45, 2.75) is 44.7 Å². The summed E-state index contributed by atoms with van der Waals surface area (Å²) >= 11 is 0. The quantitative estimate of drug-likeness (QED) is 0.235. The van der Waals surface area contributed by atoms with Crippen LogP contribution in [0.5, 0.6) is 0 Å². The maximum atomic E-state index is 14.3. The van der Waals surface area contributed by atoms with Gasteiger partial charge in [-0.3, -0.25) is 13.9 Å². The van der Waals surface area contributed by atoms with Crippen LogP contribution in [0.1, 0.15) is 29.2 Å². The molecule has 2 amide bonds. The van der Waals surface area contributed by atoms with Crippen molar-refractivity contribution in [3.63, 3.8) is 0 Å². The van der Waals surface area contributed by atoms with Gasteiger partial charge in [-0.15, -0.1) is 0 Å². The van der Waals surface area contributed by atoms with Crippen LogP contribution < -0.4 is 9.62 Å². The SMILES string of the molecule is CCNC(=O)C(Cc1ccccc1)N(Cc1ccc(C)cc1)C(=O)CN(c1ccc(F)cc1)S(=O)(=O)c1ccc(C)cc1. The maximum Gasteiger partial charge on any atom is 0.264 e. The lowest BCUT2D eigenvalue weighted by molar-refractivity contribution is -0.140. The van der Waals surface area contributed by atoms with Crippen LogP contribution in [0.15, 0.2) is 108 Å². The first kappa shape index (κ1) is 31.4. The number of likely N-dealkylation sites (N-methyl/N-ethyl adjacent to an activating group) is 1. The van der Waals surface area contributed by atoms with Crippen LogP contribution in [-0.4, -0.2) is 44.3 Å². The molecule has 224 valence electrons. The van der Waals surface area contributed by atoms with Crippen molar-refractivity contribution in [2.24, 2.45) is 0 Å². The lowest BCUT2D eigenvalue weighted by atomic mass is 10.0. The largest absolute Gasteiger partial charge is 0.355 e. The molecule has 4 rings (SSSR count). The second kappa shape index (κ2) is 14.1. The highest BCUT2D eigenvalue weighted by Crippen LogP contribution is 2.26. The monoisotopic (exact) mass is 601 g/mol. The van der Waals surface area contributed by atoms with Gasteiger partial charge in [0, 0.05) is 19.5 Å². The number of anilines is 1. The number of carbonyl (C=O) groups is 2. The van der Waals surface area contributed by atoms with E-state index < -0.39 is 34.3 Å². The topological polar surface area (TPSA) is 86.8 Å². The van der Waals surface area contributed by atoms with E-state index in [2.05, 4.69) is 5.32 Å². The number of benzene rings is 4. The molecule has 4 aromatic carbocycles.